The van der Waals surface area contributed by atoms with E-state index in [0.717, 1.165) is 16.9 Å². The fraction of sp³-hybridized carbons (Fsp3) is 0.0909. The summed E-state index contributed by atoms with van der Waals surface area (Å²) in [4.78, 5) is 10.7. The average Bonchev–Trinajstić information content (AvgIpc) is 2.38. The summed E-state index contributed by atoms with van der Waals surface area (Å²) >= 11 is 5.63. The molecule has 1 aromatic heterocycles. The largest absolute Gasteiger partial charge is 0.481 e. The first-order valence-corrected chi connectivity index (χ1v) is 5.05. The van der Waals surface area contributed by atoms with Gasteiger partial charge in [-0.2, -0.15) is 0 Å². The predicted molar refractivity (Wildman–Crippen MR) is 63.5 cm³/mol. The van der Waals surface area contributed by atoms with Crippen LogP contribution >= 0.6 is 11.8 Å². The topological polar surface area (TPSA) is 47.0 Å². The van der Waals surface area contributed by atoms with Crippen LogP contribution < -0.4 is 9.57 Å². The molecular weight excluding hydrogens is 226 g/mol. The highest BCUT2D eigenvalue weighted by atomic mass is 35.5. The van der Waals surface area contributed by atoms with E-state index >= 15 is 0 Å². The Morgan fingerprint density at radius 1 is 1.25 bits per heavy atom. The zero-order valence-corrected chi connectivity index (χ0v) is 9.40. The Labute approximate surface area is 98.4 Å². The maximum Gasteiger partial charge on any atom is 0.216 e. The van der Waals surface area contributed by atoms with E-state index in [1.54, 1.807) is 13.2 Å². The molecule has 0 aliphatic carbocycles. The number of hydrogen-bond donors (Lipinski definition) is 1. The van der Waals surface area contributed by atoms with E-state index < -0.39 is 0 Å². The van der Waals surface area contributed by atoms with Crippen LogP contribution in [-0.2, 0) is 0 Å². The summed E-state index contributed by atoms with van der Waals surface area (Å²) in [6, 6.07) is 9.37. The Bertz CT molecular complexity index is 490. The number of halogens is 1. The van der Waals surface area contributed by atoms with Gasteiger partial charge in [0.25, 0.3) is 0 Å². The van der Waals surface area contributed by atoms with Crippen LogP contribution in [0.15, 0.2) is 36.7 Å². The quantitative estimate of drug-likeness (QED) is 0.831. The van der Waals surface area contributed by atoms with E-state index in [0.29, 0.717) is 5.88 Å². The van der Waals surface area contributed by atoms with E-state index in [-0.39, 0.29) is 0 Å². The summed E-state index contributed by atoms with van der Waals surface area (Å²) in [5.74, 6) is 0.523. The van der Waals surface area contributed by atoms with Crippen LogP contribution in [0.1, 0.15) is 0 Å². The van der Waals surface area contributed by atoms with Gasteiger partial charge < -0.3 is 4.74 Å². The minimum absolute atomic E-state index is 0.523. The molecule has 0 spiro atoms. The van der Waals surface area contributed by atoms with Crippen LogP contribution in [-0.4, -0.2) is 17.1 Å². The number of anilines is 1. The number of ether oxygens (including phenoxy) is 1. The summed E-state index contributed by atoms with van der Waals surface area (Å²) in [7, 11) is 1.57. The van der Waals surface area contributed by atoms with Crippen LogP contribution in [0.3, 0.4) is 0 Å². The maximum atomic E-state index is 5.63. The SMILES string of the molecule is COc1cc(-c2ccccc2NCl)ncn1. The smallest absolute Gasteiger partial charge is 0.216 e. The molecule has 1 N–H and O–H groups in total. The number of benzene rings is 1. The van der Waals surface area contributed by atoms with Gasteiger partial charge in [-0.15, -0.1) is 0 Å². The maximum absolute atomic E-state index is 5.63. The zero-order chi connectivity index (χ0) is 11.4. The third-order valence-electron chi connectivity index (χ3n) is 2.16. The van der Waals surface area contributed by atoms with Crippen LogP contribution in [0.5, 0.6) is 5.88 Å². The Hall–Kier alpha value is -1.81. The molecule has 0 amide bonds. The third-order valence-corrected chi connectivity index (χ3v) is 2.36. The lowest BCUT2D eigenvalue weighted by molar-refractivity contribution is 0.397. The van der Waals surface area contributed by atoms with E-state index in [4.69, 9.17) is 16.5 Å². The van der Waals surface area contributed by atoms with Crippen molar-refractivity contribution < 1.29 is 4.74 Å². The van der Waals surface area contributed by atoms with E-state index in [9.17, 15) is 0 Å². The number of methoxy groups -OCH3 is 1. The number of nitrogens with one attached hydrogen (secondary N) is 1. The van der Waals surface area contributed by atoms with Crippen LogP contribution in [0.4, 0.5) is 5.69 Å². The first-order chi connectivity index (χ1) is 7.85. The van der Waals surface area contributed by atoms with Crippen molar-refractivity contribution in [3.63, 3.8) is 0 Å². The van der Waals surface area contributed by atoms with Crippen molar-refractivity contribution in [2.75, 3.05) is 11.9 Å². The standard InChI is InChI=1S/C11H10ClN3O/c1-16-11-6-10(13-7-14-11)8-4-2-3-5-9(8)15-12/h2-7,15H,1H3. The monoisotopic (exact) mass is 235 g/mol. The molecule has 0 aliphatic rings. The lowest BCUT2D eigenvalue weighted by atomic mass is 10.1. The van der Waals surface area contributed by atoms with Gasteiger partial charge in [-0.05, 0) is 6.07 Å². The normalized spacial score (nSPS) is 9.88. The molecule has 2 aromatic rings. The molecule has 2 rings (SSSR count). The van der Waals surface area contributed by atoms with E-state index in [1.807, 2.05) is 24.3 Å². The molecule has 16 heavy (non-hydrogen) atoms. The van der Waals surface area contributed by atoms with Gasteiger partial charge in [0.2, 0.25) is 5.88 Å². The highest BCUT2D eigenvalue weighted by molar-refractivity contribution is 6.24. The second-order valence-corrected chi connectivity index (χ2v) is 3.27. The Kier molecular flexibility index (Phi) is 3.22. The van der Waals surface area contributed by atoms with Crippen molar-refractivity contribution in [3.05, 3.63) is 36.7 Å². The Balaban J connectivity index is 2.49. The number of rotatable bonds is 3. The molecule has 1 aromatic carbocycles. The highest BCUT2D eigenvalue weighted by Gasteiger charge is 2.06. The third kappa shape index (κ3) is 2.06. The van der Waals surface area contributed by atoms with Gasteiger partial charge in [0.05, 0.1) is 18.5 Å². The van der Waals surface area contributed by atoms with Crippen molar-refractivity contribution in [2.24, 2.45) is 0 Å². The number of nitrogens with zero attached hydrogens (tertiary/aromatic N) is 2. The van der Waals surface area contributed by atoms with Gasteiger partial charge in [0, 0.05) is 23.4 Å². The van der Waals surface area contributed by atoms with Crippen LogP contribution in [0.25, 0.3) is 11.3 Å². The van der Waals surface area contributed by atoms with Gasteiger partial charge in [0.15, 0.2) is 0 Å². The van der Waals surface area contributed by atoms with Crippen molar-refractivity contribution in [2.45, 2.75) is 0 Å². The number of para-hydroxylation sites is 1. The van der Waals surface area contributed by atoms with Gasteiger partial charge in [-0.3, -0.25) is 4.84 Å². The zero-order valence-electron chi connectivity index (χ0n) is 8.64. The van der Waals surface area contributed by atoms with Gasteiger partial charge in [-0.25, -0.2) is 9.97 Å². The number of aromatic nitrogens is 2. The molecule has 0 bridgehead atoms. The molecule has 4 nitrogen and oxygen atoms in total. The van der Waals surface area contributed by atoms with Crippen molar-refractivity contribution in [1.29, 1.82) is 0 Å². The predicted octanol–water partition coefficient (Wildman–Crippen LogP) is 2.72. The van der Waals surface area contributed by atoms with Crippen LogP contribution in [0.2, 0.25) is 0 Å². The van der Waals surface area contributed by atoms with Crippen molar-refractivity contribution in [1.82, 2.24) is 9.97 Å². The molecule has 0 fully saturated rings. The van der Waals surface area contributed by atoms with Gasteiger partial charge >= 0.3 is 0 Å². The molecule has 0 unspecified atom stereocenters. The van der Waals surface area contributed by atoms with Gasteiger partial charge in [-0.1, -0.05) is 18.2 Å². The second kappa shape index (κ2) is 4.81. The van der Waals surface area contributed by atoms with E-state index in [2.05, 4.69) is 14.8 Å². The molecule has 82 valence electrons. The average molecular weight is 236 g/mol. The van der Waals surface area contributed by atoms with Crippen molar-refractivity contribution >= 4 is 17.5 Å². The minimum Gasteiger partial charge on any atom is -0.481 e. The summed E-state index contributed by atoms with van der Waals surface area (Å²) in [6.45, 7) is 0. The fourth-order valence-electron chi connectivity index (χ4n) is 1.39. The van der Waals surface area contributed by atoms with E-state index in [1.165, 1.54) is 6.33 Å². The lowest BCUT2D eigenvalue weighted by Gasteiger charge is -2.07. The second-order valence-electron chi connectivity index (χ2n) is 3.09. The first-order valence-electron chi connectivity index (χ1n) is 4.67. The lowest BCUT2D eigenvalue weighted by Crippen LogP contribution is -1.92. The number of hydrogen-bond acceptors (Lipinski definition) is 4. The molecule has 0 radical (unpaired) electrons. The van der Waals surface area contributed by atoms with Crippen molar-refractivity contribution in [3.8, 4) is 17.1 Å². The molecule has 0 aliphatic heterocycles. The summed E-state index contributed by atoms with van der Waals surface area (Å²) in [6.07, 6.45) is 1.46. The van der Waals surface area contributed by atoms with Crippen LogP contribution in [0, 0.1) is 0 Å². The Morgan fingerprint density at radius 3 is 2.81 bits per heavy atom. The van der Waals surface area contributed by atoms with Gasteiger partial charge in [0.1, 0.15) is 6.33 Å². The summed E-state index contributed by atoms with van der Waals surface area (Å²) in [5.41, 5.74) is 2.46. The summed E-state index contributed by atoms with van der Waals surface area (Å²) < 4.78 is 5.05. The Morgan fingerprint density at radius 2 is 2.06 bits per heavy atom. The minimum atomic E-state index is 0.523. The first kappa shape index (κ1) is 10.7. The molecule has 0 saturated heterocycles. The summed E-state index contributed by atoms with van der Waals surface area (Å²) in [5, 5.41) is 0. The molecule has 5 heteroatoms. The molecule has 0 atom stereocenters. The molecule has 1 heterocycles. The fourth-order valence-corrected chi connectivity index (χ4v) is 1.55. The molecule has 0 saturated carbocycles. The molecular formula is C11H10ClN3O. The highest BCUT2D eigenvalue weighted by Crippen LogP contribution is 2.27.